The highest BCUT2D eigenvalue weighted by Crippen LogP contribution is 2.18. The molecule has 0 fully saturated rings. The largest absolute Gasteiger partial charge is 0.289 e. The summed E-state index contributed by atoms with van der Waals surface area (Å²) in [6.45, 7) is 0. The van der Waals surface area contributed by atoms with Crippen LogP contribution in [0.3, 0.4) is 0 Å². The van der Waals surface area contributed by atoms with Gasteiger partial charge in [0, 0.05) is 27.7 Å². The zero-order valence-electron chi connectivity index (χ0n) is 9.17. The van der Waals surface area contributed by atoms with Gasteiger partial charge in [0.15, 0.2) is 5.78 Å². The molecule has 0 saturated heterocycles. The van der Waals surface area contributed by atoms with Crippen LogP contribution >= 0.6 is 15.9 Å². The van der Waals surface area contributed by atoms with E-state index in [-0.39, 0.29) is 11.5 Å². The Morgan fingerprint density at radius 2 is 1.67 bits per heavy atom. The van der Waals surface area contributed by atoms with Gasteiger partial charge in [0.2, 0.25) is 0 Å². The molecule has 2 rings (SSSR count). The molecule has 0 amide bonds. The molecule has 2 aromatic carbocycles. The molecule has 0 heterocycles. The first-order chi connectivity index (χ1) is 8.58. The highest BCUT2D eigenvalue weighted by Gasteiger charge is 2.13. The monoisotopic (exact) mass is 305 g/mol. The van der Waals surface area contributed by atoms with Crippen LogP contribution in [-0.2, 0) is 0 Å². The maximum Gasteiger partial charge on any atom is 0.270 e. The topological polar surface area (TPSA) is 60.2 Å². The molecule has 0 radical (unpaired) electrons. The second-order valence-corrected chi connectivity index (χ2v) is 4.56. The molecule has 0 atom stereocenters. The highest BCUT2D eigenvalue weighted by atomic mass is 79.9. The minimum atomic E-state index is -0.516. The van der Waals surface area contributed by atoms with E-state index in [4.69, 9.17) is 0 Å². The van der Waals surface area contributed by atoms with Crippen LogP contribution in [0.2, 0.25) is 0 Å². The molecule has 0 saturated carbocycles. The Morgan fingerprint density at radius 1 is 1.06 bits per heavy atom. The maximum absolute atomic E-state index is 12.1. The Hall–Kier alpha value is -2.01. The van der Waals surface area contributed by atoms with Crippen molar-refractivity contribution < 1.29 is 9.72 Å². The molecule has 90 valence electrons. The molecule has 0 spiro atoms. The minimum absolute atomic E-state index is 0.0872. The standard InChI is InChI=1S/C13H8BrNO3/c14-11-5-1-3-9(7-11)13(16)10-4-2-6-12(8-10)15(17)18/h1-8H. The van der Waals surface area contributed by atoms with Crippen molar-refractivity contribution in [2.45, 2.75) is 0 Å². The van der Waals surface area contributed by atoms with Crippen molar-refractivity contribution >= 4 is 27.4 Å². The van der Waals surface area contributed by atoms with Gasteiger partial charge in [0.25, 0.3) is 5.69 Å². The first-order valence-corrected chi connectivity index (χ1v) is 5.92. The maximum atomic E-state index is 12.1. The fourth-order valence-electron chi connectivity index (χ4n) is 1.56. The van der Waals surface area contributed by atoms with Crippen molar-refractivity contribution in [3.8, 4) is 0 Å². The number of benzene rings is 2. The van der Waals surface area contributed by atoms with Crippen molar-refractivity contribution in [1.29, 1.82) is 0 Å². The van der Waals surface area contributed by atoms with Crippen molar-refractivity contribution in [1.82, 2.24) is 0 Å². The van der Waals surface area contributed by atoms with E-state index in [0.717, 1.165) is 4.47 Å². The Morgan fingerprint density at radius 3 is 2.28 bits per heavy atom. The smallest absolute Gasteiger partial charge is 0.270 e. The molecule has 0 aliphatic heterocycles. The zero-order valence-corrected chi connectivity index (χ0v) is 10.8. The number of nitro benzene ring substituents is 1. The van der Waals surface area contributed by atoms with Crippen LogP contribution in [-0.4, -0.2) is 10.7 Å². The van der Waals surface area contributed by atoms with Crippen LogP contribution in [0, 0.1) is 10.1 Å². The Kier molecular flexibility index (Phi) is 3.53. The number of nitro groups is 1. The third-order valence-corrected chi connectivity index (χ3v) is 2.90. The van der Waals surface area contributed by atoms with E-state index < -0.39 is 4.92 Å². The number of hydrogen-bond donors (Lipinski definition) is 0. The number of non-ortho nitro benzene ring substituents is 1. The number of carbonyl (C=O) groups is 1. The summed E-state index contributed by atoms with van der Waals surface area (Å²) >= 11 is 3.28. The molecular formula is C13H8BrNO3. The van der Waals surface area contributed by atoms with Crippen molar-refractivity contribution in [3.05, 3.63) is 74.2 Å². The molecule has 18 heavy (non-hydrogen) atoms. The lowest BCUT2D eigenvalue weighted by atomic mass is 10.0. The van der Waals surface area contributed by atoms with Crippen molar-refractivity contribution in [3.63, 3.8) is 0 Å². The minimum Gasteiger partial charge on any atom is -0.289 e. The summed E-state index contributed by atoms with van der Waals surface area (Å²) in [6, 6.07) is 12.6. The predicted molar refractivity (Wildman–Crippen MR) is 70.7 cm³/mol. The number of halogens is 1. The van der Waals surface area contributed by atoms with Gasteiger partial charge in [0.1, 0.15) is 0 Å². The SMILES string of the molecule is O=C(c1cccc(Br)c1)c1cccc([N+](=O)[O-])c1. The van der Waals surface area contributed by atoms with Gasteiger partial charge in [-0.3, -0.25) is 14.9 Å². The van der Waals surface area contributed by atoms with Crippen LogP contribution < -0.4 is 0 Å². The Balaban J connectivity index is 2.40. The molecule has 0 N–H and O–H groups in total. The van der Waals surface area contributed by atoms with Gasteiger partial charge >= 0.3 is 0 Å². The summed E-state index contributed by atoms with van der Waals surface area (Å²) in [6.07, 6.45) is 0. The molecular weight excluding hydrogens is 298 g/mol. The molecule has 5 heteroatoms. The number of ketones is 1. The van der Waals surface area contributed by atoms with Gasteiger partial charge in [-0.05, 0) is 12.1 Å². The van der Waals surface area contributed by atoms with Crippen LogP contribution in [0.1, 0.15) is 15.9 Å². The fourth-order valence-corrected chi connectivity index (χ4v) is 1.96. The van der Waals surface area contributed by atoms with E-state index >= 15 is 0 Å². The second kappa shape index (κ2) is 5.10. The van der Waals surface area contributed by atoms with Gasteiger partial charge in [-0.25, -0.2) is 0 Å². The lowest BCUT2D eigenvalue weighted by Crippen LogP contribution is -2.01. The first-order valence-electron chi connectivity index (χ1n) is 5.12. The summed E-state index contributed by atoms with van der Waals surface area (Å²) < 4.78 is 0.791. The summed E-state index contributed by atoms with van der Waals surface area (Å²) in [5, 5.41) is 10.7. The van der Waals surface area contributed by atoms with E-state index in [1.165, 1.54) is 18.2 Å². The second-order valence-electron chi connectivity index (χ2n) is 3.65. The van der Waals surface area contributed by atoms with Gasteiger partial charge in [-0.2, -0.15) is 0 Å². The van der Waals surface area contributed by atoms with Crippen LogP contribution in [0.15, 0.2) is 53.0 Å². The highest BCUT2D eigenvalue weighted by molar-refractivity contribution is 9.10. The third-order valence-electron chi connectivity index (χ3n) is 2.41. The lowest BCUT2D eigenvalue weighted by Gasteiger charge is -2.01. The van der Waals surface area contributed by atoms with Crippen LogP contribution in [0.4, 0.5) is 5.69 Å². The number of nitrogens with zero attached hydrogens (tertiary/aromatic N) is 1. The van der Waals surface area contributed by atoms with Crippen LogP contribution in [0.5, 0.6) is 0 Å². The lowest BCUT2D eigenvalue weighted by molar-refractivity contribution is -0.384. The molecule has 0 unspecified atom stereocenters. The van der Waals surface area contributed by atoms with Crippen molar-refractivity contribution in [2.75, 3.05) is 0 Å². The fraction of sp³-hybridized carbons (Fsp3) is 0. The normalized spacial score (nSPS) is 10.1. The van der Waals surface area contributed by atoms with Gasteiger partial charge < -0.3 is 0 Å². The van der Waals surface area contributed by atoms with Gasteiger partial charge in [-0.15, -0.1) is 0 Å². The first kappa shape index (κ1) is 12.4. The predicted octanol–water partition coefficient (Wildman–Crippen LogP) is 3.59. The van der Waals surface area contributed by atoms with E-state index in [0.29, 0.717) is 11.1 Å². The molecule has 0 aromatic heterocycles. The van der Waals surface area contributed by atoms with E-state index in [1.807, 2.05) is 6.07 Å². The summed E-state index contributed by atoms with van der Waals surface area (Å²) in [7, 11) is 0. The summed E-state index contributed by atoms with van der Waals surface area (Å²) in [4.78, 5) is 22.3. The number of hydrogen-bond acceptors (Lipinski definition) is 3. The van der Waals surface area contributed by atoms with Crippen LogP contribution in [0.25, 0.3) is 0 Å². The molecule has 0 aliphatic rings. The third kappa shape index (κ3) is 2.62. The number of rotatable bonds is 3. The average Bonchev–Trinajstić information content (AvgIpc) is 2.38. The summed E-state index contributed by atoms with van der Waals surface area (Å²) in [5.74, 6) is -0.236. The average molecular weight is 306 g/mol. The quantitative estimate of drug-likeness (QED) is 0.494. The van der Waals surface area contributed by atoms with E-state index in [9.17, 15) is 14.9 Å². The van der Waals surface area contributed by atoms with E-state index in [2.05, 4.69) is 15.9 Å². The van der Waals surface area contributed by atoms with Gasteiger partial charge in [-0.1, -0.05) is 40.2 Å². The molecule has 0 bridgehead atoms. The number of carbonyl (C=O) groups excluding carboxylic acids is 1. The molecule has 2 aromatic rings. The molecule has 4 nitrogen and oxygen atoms in total. The van der Waals surface area contributed by atoms with Gasteiger partial charge in [0.05, 0.1) is 4.92 Å². The summed E-state index contributed by atoms with van der Waals surface area (Å²) in [5.41, 5.74) is 0.711. The Bertz CT molecular complexity index is 625. The van der Waals surface area contributed by atoms with E-state index in [1.54, 1.807) is 24.3 Å². The zero-order chi connectivity index (χ0) is 13.1. The Labute approximate surface area is 112 Å². The van der Waals surface area contributed by atoms with Crippen molar-refractivity contribution in [2.24, 2.45) is 0 Å². The molecule has 0 aliphatic carbocycles.